The summed E-state index contributed by atoms with van der Waals surface area (Å²) in [7, 11) is 1.56. The van der Waals surface area contributed by atoms with Gasteiger partial charge in [-0.1, -0.05) is 6.07 Å². The van der Waals surface area contributed by atoms with Crippen LogP contribution in [0.15, 0.2) is 64.6 Å². The van der Waals surface area contributed by atoms with Crippen molar-refractivity contribution >= 4 is 27.5 Å². The average molecular weight is 521 g/mol. The summed E-state index contributed by atoms with van der Waals surface area (Å²) in [5.74, 6) is -1.24. The van der Waals surface area contributed by atoms with Gasteiger partial charge in [-0.2, -0.15) is 0 Å². The first-order chi connectivity index (χ1) is 17.7. The van der Waals surface area contributed by atoms with Crippen LogP contribution in [0.1, 0.15) is 11.3 Å². The van der Waals surface area contributed by atoms with E-state index in [0.717, 1.165) is 16.9 Å². The fourth-order valence-electron chi connectivity index (χ4n) is 4.29. The van der Waals surface area contributed by atoms with Crippen molar-refractivity contribution in [2.24, 2.45) is 0 Å². The minimum atomic E-state index is -1.33. The van der Waals surface area contributed by atoms with Crippen molar-refractivity contribution in [1.82, 2.24) is 18.7 Å². The molecule has 1 N–H and O–H groups in total. The van der Waals surface area contributed by atoms with Gasteiger partial charge in [-0.05, 0) is 61.4 Å². The number of benzene rings is 2. The zero-order valence-corrected chi connectivity index (χ0v) is 20.9. The molecule has 0 aliphatic heterocycles. The predicted octanol–water partition coefficient (Wildman–Crippen LogP) is 3.92. The van der Waals surface area contributed by atoms with Crippen LogP contribution >= 0.6 is 11.3 Å². The Labute approximate surface area is 213 Å². The zero-order valence-electron chi connectivity index (χ0n) is 20.1. The Morgan fingerprint density at radius 2 is 1.86 bits per heavy atom. The number of imidazole rings is 1. The van der Waals surface area contributed by atoms with Gasteiger partial charge in [-0.3, -0.25) is 14.2 Å². The van der Waals surface area contributed by atoms with E-state index >= 15 is 0 Å². The van der Waals surface area contributed by atoms with Crippen molar-refractivity contribution in [3.8, 4) is 27.6 Å². The lowest BCUT2D eigenvalue weighted by Crippen LogP contribution is -2.40. The van der Waals surface area contributed by atoms with E-state index in [0.29, 0.717) is 31.3 Å². The molecule has 0 saturated carbocycles. The van der Waals surface area contributed by atoms with Crippen LogP contribution in [-0.2, 0) is 11.3 Å². The number of fused-ring (bicyclic) bond motifs is 1. The maximum Gasteiger partial charge on any atom is 0.337 e. The molecule has 5 rings (SSSR count). The molecule has 9 nitrogen and oxygen atoms in total. The number of hydrogen-bond donors (Lipinski definition) is 1. The monoisotopic (exact) mass is 520 g/mol. The van der Waals surface area contributed by atoms with Gasteiger partial charge in [-0.15, -0.1) is 11.3 Å². The number of aromatic nitrogens is 4. The van der Waals surface area contributed by atoms with Crippen LogP contribution in [0.25, 0.3) is 32.0 Å². The van der Waals surface area contributed by atoms with Gasteiger partial charge < -0.3 is 14.4 Å². The van der Waals surface area contributed by atoms with E-state index in [1.165, 1.54) is 40.2 Å². The Morgan fingerprint density at radius 3 is 2.49 bits per heavy atom. The van der Waals surface area contributed by atoms with Crippen LogP contribution in [0.3, 0.4) is 0 Å². The molecule has 37 heavy (non-hydrogen) atoms. The number of thiophene rings is 1. The Bertz CT molecular complexity index is 1800. The number of hydrogen-bond acceptors (Lipinski definition) is 6. The third-order valence-corrected chi connectivity index (χ3v) is 7.35. The molecule has 0 bridgehead atoms. The highest BCUT2D eigenvalue weighted by molar-refractivity contribution is 7.22. The highest BCUT2D eigenvalue weighted by atomic mass is 32.1. The van der Waals surface area contributed by atoms with Crippen molar-refractivity contribution in [1.29, 1.82) is 0 Å². The fourth-order valence-corrected chi connectivity index (χ4v) is 5.60. The first-order valence-corrected chi connectivity index (χ1v) is 12.0. The lowest BCUT2D eigenvalue weighted by atomic mass is 10.1. The molecule has 0 aliphatic rings. The van der Waals surface area contributed by atoms with Crippen LogP contribution in [-0.4, -0.2) is 36.9 Å². The molecule has 3 aromatic heterocycles. The molecule has 2 aromatic carbocycles. The van der Waals surface area contributed by atoms with Gasteiger partial charge in [0, 0.05) is 11.1 Å². The van der Waals surface area contributed by atoms with E-state index < -0.39 is 29.6 Å². The quantitative estimate of drug-likeness (QED) is 0.364. The molecule has 3 heterocycles. The Kier molecular flexibility index (Phi) is 6.00. The predicted molar refractivity (Wildman–Crippen MR) is 138 cm³/mol. The number of ether oxygens (including phenoxy) is 1. The zero-order chi connectivity index (χ0) is 26.4. The van der Waals surface area contributed by atoms with Crippen LogP contribution in [0.2, 0.25) is 0 Å². The lowest BCUT2D eigenvalue weighted by molar-refractivity contribution is -0.137. The van der Waals surface area contributed by atoms with E-state index in [1.807, 2.05) is 35.9 Å². The molecule has 0 radical (unpaired) electrons. The summed E-state index contributed by atoms with van der Waals surface area (Å²) >= 11 is 1.22. The van der Waals surface area contributed by atoms with Crippen LogP contribution in [0, 0.1) is 19.7 Å². The highest BCUT2D eigenvalue weighted by Gasteiger charge is 2.23. The summed E-state index contributed by atoms with van der Waals surface area (Å²) in [4.78, 5) is 43.4. The normalized spacial score (nSPS) is 11.2. The smallest absolute Gasteiger partial charge is 0.337 e. The first kappa shape index (κ1) is 24.2. The van der Waals surface area contributed by atoms with Crippen LogP contribution < -0.4 is 16.0 Å². The van der Waals surface area contributed by atoms with Gasteiger partial charge in [0.05, 0.1) is 35.9 Å². The SMILES string of the molecule is COc1cc(-c2sc3c(c2C)c(=O)n(CC(=O)O)c(=O)n3-c2ccc(F)cc2)ccc1-n1cnc(C)c1. The summed E-state index contributed by atoms with van der Waals surface area (Å²) in [6.07, 6.45) is 3.55. The minimum absolute atomic E-state index is 0.221. The second-order valence-electron chi connectivity index (χ2n) is 8.42. The van der Waals surface area contributed by atoms with Crippen molar-refractivity contribution < 1.29 is 19.0 Å². The van der Waals surface area contributed by atoms with Gasteiger partial charge in [0.15, 0.2) is 0 Å². The largest absolute Gasteiger partial charge is 0.495 e. The van der Waals surface area contributed by atoms with Crippen molar-refractivity contribution in [2.75, 3.05) is 7.11 Å². The molecule has 0 unspecified atom stereocenters. The summed E-state index contributed by atoms with van der Waals surface area (Å²) < 4.78 is 23.0. The molecule has 0 saturated heterocycles. The van der Waals surface area contributed by atoms with Gasteiger partial charge in [0.2, 0.25) is 0 Å². The van der Waals surface area contributed by atoms with E-state index in [4.69, 9.17) is 4.74 Å². The van der Waals surface area contributed by atoms with E-state index in [9.17, 15) is 23.9 Å². The number of aliphatic carboxylic acids is 1. The molecule has 0 spiro atoms. The minimum Gasteiger partial charge on any atom is -0.495 e. The van der Waals surface area contributed by atoms with Gasteiger partial charge in [0.25, 0.3) is 5.56 Å². The van der Waals surface area contributed by atoms with Gasteiger partial charge in [0.1, 0.15) is 22.9 Å². The first-order valence-electron chi connectivity index (χ1n) is 11.2. The van der Waals surface area contributed by atoms with Crippen molar-refractivity contribution in [2.45, 2.75) is 20.4 Å². The Hall–Kier alpha value is -4.51. The third-order valence-electron chi connectivity index (χ3n) is 6.02. The number of nitrogens with zero attached hydrogens (tertiary/aromatic N) is 4. The van der Waals surface area contributed by atoms with Crippen molar-refractivity contribution in [3.05, 3.63) is 92.9 Å². The third kappa shape index (κ3) is 4.12. The van der Waals surface area contributed by atoms with Gasteiger partial charge in [-0.25, -0.2) is 18.7 Å². The number of rotatable bonds is 6. The van der Waals surface area contributed by atoms with E-state index in [-0.39, 0.29) is 5.39 Å². The second-order valence-corrected chi connectivity index (χ2v) is 9.42. The molecular formula is C26H21FN4O5S. The number of halogens is 1. The molecule has 0 fully saturated rings. The average Bonchev–Trinajstić information content (AvgIpc) is 3.45. The van der Waals surface area contributed by atoms with Crippen molar-refractivity contribution in [3.63, 3.8) is 0 Å². The number of methoxy groups -OCH3 is 1. The number of carboxylic acid groups (broad SMARTS) is 1. The highest BCUT2D eigenvalue weighted by Crippen LogP contribution is 2.39. The Balaban J connectivity index is 1.79. The second kappa shape index (κ2) is 9.17. The Morgan fingerprint density at radius 1 is 1.14 bits per heavy atom. The number of carboxylic acids is 1. The van der Waals surface area contributed by atoms with Crippen LogP contribution in [0.4, 0.5) is 4.39 Å². The fraction of sp³-hybridized carbons (Fsp3) is 0.154. The summed E-state index contributed by atoms with van der Waals surface area (Å²) in [5.41, 5.74) is 1.76. The van der Waals surface area contributed by atoms with Gasteiger partial charge >= 0.3 is 11.7 Å². The summed E-state index contributed by atoms with van der Waals surface area (Å²) in [6, 6.07) is 10.8. The molecule has 11 heteroatoms. The lowest BCUT2D eigenvalue weighted by Gasteiger charge is -2.11. The molecular weight excluding hydrogens is 499 g/mol. The standard InChI is InChI=1S/C26H21FN4O5S/c1-14-11-29(13-28-14)19-9-4-16(10-20(19)36-3)23-15(2)22-24(34)30(12-21(32)33)26(35)31(25(22)37-23)18-7-5-17(27)6-8-18/h4-11,13H,12H2,1-3H3,(H,32,33). The maximum atomic E-state index is 13.6. The number of carbonyl (C=O) groups is 1. The summed E-state index contributed by atoms with van der Waals surface area (Å²) in [5, 5.41) is 9.56. The molecule has 0 amide bonds. The molecule has 0 aliphatic carbocycles. The van der Waals surface area contributed by atoms with E-state index in [2.05, 4.69) is 4.98 Å². The molecule has 188 valence electrons. The number of aryl methyl sites for hydroxylation is 2. The summed E-state index contributed by atoms with van der Waals surface area (Å²) in [6.45, 7) is 2.84. The van der Waals surface area contributed by atoms with E-state index in [1.54, 1.807) is 20.4 Å². The molecule has 0 atom stereocenters. The topological polar surface area (TPSA) is 108 Å². The van der Waals surface area contributed by atoms with Crippen LogP contribution in [0.5, 0.6) is 5.75 Å². The maximum absolute atomic E-state index is 13.6. The molecule has 5 aromatic rings.